The summed E-state index contributed by atoms with van der Waals surface area (Å²) >= 11 is 0. The predicted molar refractivity (Wildman–Crippen MR) is 84.1 cm³/mol. The average molecular weight is 279 g/mol. The molecule has 2 heterocycles. The van der Waals surface area contributed by atoms with Gasteiger partial charge in [-0.3, -0.25) is 0 Å². The van der Waals surface area contributed by atoms with Crippen LogP contribution in [0.15, 0.2) is 30.5 Å². The molecule has 1 aromatic carbocycles. The van der Waals surface area contributed by atoms with Crippen LogP contribution in [0.25, 0.3) is 10.9 Å². The molecule has 0 unspecified atom stereocenters. The molecule has 1 aromatic heterocycles. The fourth-order valence-electron chi connectivity index (χ4n) is 3.15. The Morgan fingerprint density at radius 2 is 1.95 bits per heavy atom. The van der Waals surface area contributed by atoms with Crippen LogP contribution in [0.4, 0.5) is 0 Å². The van der Waals surface area contributed by atoms with Crippen LogP contribution in [-0.4, -0.2) is 17.7 Å². The number of hydrogen-bond acceptors (Lipinski definition) is 1. The van der Waals surface area contributed by atoms with Crippen molar-refractivity contribution in [3.8, 4) is 0 Å². The number of para-hydroxylation sites is 1. The second-order valence-electron chi connectivity index (χ2n) is 5.51. The van der Waals surface area contributed by atoms with Crippen molar-refractivity contribution in [1.29, 1.82) is 0 Å². The van der Waals surface area contributed by atoms with Crippen molar-refractivity contribution in [3.63, 3.8) is 0 Å². The molecule has 1 fully saturated rings. The van der Waals surface area contributed by atoms with E-state index in [0.29, 0.717) is 0 Å². The van der Waals surface area contributed by atoms with Crippen LogP contribution in [0.3, 0.4) is 0 Å². The second-order valence-corrected chi connectivity index (χ2v) is 5.51. The van der Waals surface area contributed by atoms with Crippen molar-refractivity contribution in [3.05, 3.63) is 36.0 Å². The van der Waals surface area contributed by atoms with Crippen molar-refractivity contribution < 1.29 is 0 Å². The van der Waals surface area contributed by atoms with Crippen LogP contribution in [0.5, 0.6) is 0 Å². The molecule has 2 nitrogen and oxygen atoms in total. The first kappa shape index (κ1) is 14.4. The van der Waals surface area contributed by atoms with Crippen molar-refractivity contribution >= 4 is 23.3 Å². The molecule has 0 atom stereocenters. The lowest BCUT2D eigenvalue weighted by molar-refractivity contribution is 0.354. The van der Waals surface area contributed by atoms with E-state index in [1.54, 1.807) is 0 Å². The maximum absolute atomic E-state index is 3.44. The van der Waals surface area contributed by atoms with E-state index in [1.807, 2.05) is 0 Å². The molecule has 3 rings (SSSR count). The number of hydrogen-bond donors (Lipinski definition) is 1. The lowest BCUT2D eigenvalue weighted by atomic mass is 9.91. The average Bonchev–Trinajstić information content (AvgIpc) is 2.75. The summed E-state index contributed by atoms with van der Waals surface area (Å²) in [7, 11) is 2.15. The quantitative estimate of drug-likeness (QED) is 0.909. The van der Waals surface area contributed by atoms with Gasteiger partial charge in [0.05, 0.1) is 0 Å². The first-order valence-corrected chi connectivity index (χ1v) is 7.08. The van der Waals surface area contributed by atoms with E-state index in [9.17, 15) is 0 Å². The third-order valence-corrected chi connectivity index (χ3v) is 4.26. The van der Waals surface area contributed by atoms with Crippen LogP contribution < -0.4 is 5.32 Å². The van der Waals surface area contributed by atoms with Gasteiger partial charge in [-0.1, -0.05) is 18.2 Å². The molecular formula is C16H23ClN2. The maximum atomic E-state index is 3.44. The lowest BCUT2D eigenvalue weighted by Crippen LogP contribution is -2.27. The van der Waals surface area contributed by atoms with E-state index in [1.165, 1.54) is 55.2 Å². The van der Waals surface area contributed by atoms with Gasteiger partial charge in [0.1, 0.15) is 0 Å². The van der Waals surface area contributed by atoms with Crippen LogP contribution >= 0.6 is 12.4 Å². The normalized spacial score (nSPS) is 16.5. The van der Waals surface area contributed by atoms with Gasteiger partial charge in [-0.25, -0.2) is 0 Å². The smallest absolute Gasteiger partial charge is 0.0480 e. The van der Waals surface area contributed by atoms with E-state index < -0.39 is 0 Å². The molecule has 19 heavy (non-hydrogen) atoms. The molecular weight excluding hydrogens is 256 g/mol. The Morgan fingerprint density at radius 1 is 1.21 bits per heavy atom. The van der Waals surface area contributed by atoms with Crippen molar-refractivity contribution in [2.75, 3.05) is 13.1 Å². The van der Waals surface area contributed by atoms with Crippen LogP contribution in [0.1, 0.15) is 24.8 Å². The third-order valence-electron chi connectivity index (χ3n) is 4.26. The summed E-state index contributed by atoms with van der Waals surface area (Å²) in [6.45, 7) is 2.42. The summed E-state index contributed by atoms with van der Waals surface area (Å²) in [5, 5.41) is 4.88. The van der Waals surface area contributed by atoms with E-state index in [2.05, 4.69) is 47.4 Å². The molecule has 1 saturated heterocycles. The minimum Gasteiger partial charge on any atom is -0.350 e. The van der Waals surface area contributed by atoms with E-state index >= 15 is 0 Å². The molecule has 0 aliphatic carbocycles. The van der Waals surface area contributed by atoms with Crippen molar-refractivity contribution in [1.82, 2.24) is 9.88 Å². The first-order chi connectivity index (χ1) is 8.84. The highest BCUT2D eigenvalue weighted by atomic mass is 35.5. The van der Waals surface area contributed by atoms with Crippen LogP contribution in [0.2, 0.25) is 0 Å². The van der Waals surface area contributed by atoms with Gasteiger partial charge in [0.2, 0.25) is 0 Å². The molecule has 0 amide bonds. The number of fused-ring (bicyclic) bond motifs is 1. The molecule has 0 bridgehead atoms. The minimum absolute atomic E-state index is 0. The lowest BCUT2D eigenvalue weighted by Gasteiger charge is -2.22. The molecule has 1 aliphatic heterocycles. The van der Waals surface area contributed by atoms with Gasteiger partial charge in [-0.05, 0) is 56.3 Å². The topological polar surface area (TPSA) is 17.0 Å². The molecule has 1 N–H and O–H groups in total. The molecule has 2 aromatic rings. The summed E-state index contributed by atoms with van der Waals surface area (Å²) < 4.78 is 2.26. The number of halogens is 1. The summed E-state index contributed by atoms with van der Waals surface area (Å²) in [6, 6.07) is 8.74. The second kappa shape index (κ2) is 6.44. The predicted octanol–water partition coefficient (Wildman–Crippen LogP) is 3.53. The number of rotatable bonds is 3. The van der Waals surface area contributed by atoms with Gasteiger partial charge in [-0.15, -0.1) is 12.4 Å². The number of nitrogens with one attached hydrogen (secondary N) is 1. The Hall–Kier alpha value is -0.990. The zero-order chi connectivity index (χ0) is 12.4. The highest BCUT2D eigenvalue weighted by Crippen LogP contribution is 2.24. The Morgan fingerprint density at radius 3 is 2.74 bits per heavy atom. The van der Waals surface area contributed by atoms with E-state index in [4.69, 9.17) is 0 Å². The minimum atomic E-state index is 0. The van der Waals surface area contributed by atoms with Gasteiger partial charge in [0.15, 0.2) is 0 Å². The summed E-state index contributed by atoms with van der Waals surface area (Å²) in [6.07, 6.45) is 7.59. The van der Waals surface area contributed by atoms with Gasteiger partial charge >= 0.3 is 0 Å². The van der Waals surface area contributed by atoms with Gasteiger partial charge in [0.25, 0.3) is 0 Å². The Labute approximate surface area is 121 Å². The number of nitrogens with zero attached hydrogens (tertiary/aromatic N) is 1. The molecule has 0 radical (unpaired) electrons. The number of piperidine rings is 1. The highest BCUT2D eigenvalue weighted by molar-refractivity contribution is 5.85. The molecule has 104 valence electrons. The standard InChI is InChI=1S/C16H22N2.ClH/c1-18-12-14(15-4-2-3-5-16(15)18)7-6-13-8-10-17-11-9-13;/h2-5,12-13,17H,6-11H2,1H3;1H. The molecule has 0 saturated carbocycles. The Bertz CT molecular complexity index is 527. The van der Waals surface area contributed by atoms with Crippen molar-refractivity contribution in [2.45, 2.75) is 25.7 Å². The highest BCUT2D eigenvalue weighted by Gasteiger charge is 2.14. The third kappa shape index (κ3) is 3.13. The maximum Gasteiger partial charge on any atom is 0.0480 e. The molecule has 0 spiro atoms. The molecule has 3 heteroatoms. The SMILES string of the molecule is Cl.Cn1cc(CCC2CCNCC2)c2ccccc21. The van der Waals surface area contributed by atoms with E-state index in [0.717, 1.165) is 5.92 Å². The zero-order valence-electron chi connectivity index (χ0n) is 11.6. The number of aryl methyl sites for hydroxylation is 2. The first-order valence-electron chi connectivity index (χ1n) is 7.08. The monoisotopic (exact) mass is 278 g/mol. The zero-order valence-corrected chi connectivity index (χ0v) is 12.4. The Kier molecular flexibility index (Phi) is 4.89. The largest absolute Gasteiger partial charge is 0.350 e. The Balaban J connectivity index is 0.00000133. The van der Waals surface area contributed by atoms with Gasteiger partial charge in [-0.2, -0.15) is 0 Å². The summed E-state index contributed by atoms with van der Waals surface area (Å²) in [4.78, 5) is 0. The summed E-state index contributed by atoms with van der Waals surface area (Å²) in [5.74, 6) is 0.921. The number of benzene rings is 1. The van der Waals surface area contributed by atoms with Crippen LogP contribution in [0, 0.1) is 5.92 Å². The van der Waals surface area contributed by atoms with Gasteiger partial charge < -0.3 is 9.88 Å². The fraction of sp³-hybridized carbons (Fsp3) is 0.500. The summed E-state index contributed by atoms with van der Waals surface area (Å²) in [5.41, 5.74) is 2.88. The van der Waals surface area contributed by atoms with E-state index in [-0.39, 0.29) is 12.4 Å². The fourth-order valence-corrected chi connectivity index (χ4v) is 3.15. The molecule has 1 aliphatic rings. The van der Waals surface area contributed by atoms with Gasteiger partial charge in [0, 0.05) is 24.1 Å². The van der Waals surface area contributed by atoms with Crippen LogP contribution in [-0.2, 0) is 13.5 Å². The van der Waals surface area contributed by atoms with Crippen molar-refractivity contribution in [2.24, 2.45) is 13.0 Å². The number of aromatic nitrogens is 1.